The number of rotatable bonds is 11. The molecule has 1 unspecified atom stereocenters. The zero-order valence-corrected chi connectivity index (χ0v) is 20.4. The Morgan fingerprint density at radius 2 is 1.82 bits per heavy atom. The Balaban J connectivity index is 1.82. The van der Waals surface area contributed by atoms with E-state index in [-0.39, 0.29) is 19.6 Å². The number of carbonyl (C=O) groups is 2. The molecule has 2 fully saturated rings. The van der Waals surface area contributed by atoms with Crippen LogP contribution in [0, 0.1) is 0 Å². The molecule has 0 bridgehead atoms. The highest BCUT2D eigenvalue weighted by molar-refractivity contribution is 5.82. The Morgan fingerprint density at radius 3 is 2.50 bits per heavy atom. The van der Waals surface area contributed by atoms with Crippen LogP contribution in [0.4, 0.5) is 0 Å². The number of hydrogen-bond donors (Lipinski definition) is 1. The molecule has 5 atom stereocenters. The summed E-state index contributed by atoms with van der Waals surface area (Å²) in [5, 5.41) is 3.22. The third kappa shape index (κ3) is 7.02. The first kappa shape index (κ1) is 26.2. The molecule has 2 aliphatic rings. The van der Waals surface area contributed by atoms with Crippen molar-refractivity contribution in [2.45, 2.75) is 84.1 Å². The number of carbonyl (C=O) groups excluding carboxylic acids is 2. The normalized spacial score (nSPS) is 26.6. The van der Waals surface area contributed by atoms with Gasteiger partial charge in [0.15, 0.2) is 12.1 Å². The van der Waals surface area contributed by atoms with Crippen LogP contribution >= 0.6 is 0 Å². The van der Waals surface area contributed by atoms with E-state index in [1.807, 2.05) is 44.2 Å². The summed E-state index contributed by atoms with van der Waals surface area (Å²) in [7, 11) is 0. The van der Waals surface area contributed by atoms with Gasteiger partial charge in [-0.2, -0.15) is 0 Å². The molecule has 0 aliphatic carbocycles. The van der Waals surface area contributed by atoms with Gasteiger partial charge >= 0.3 is 11.9 Å². The van der Waals surface area contributed by atoms with Gasteiger partial charge < -0.3 is 33.7 Å². The van der Waals surface area contributed by atoms with Gasteiger partial charge in [-0.05, 0) is 40.2 Å². The van der Waals surface area contributed by atoms with Gasteiger partial charge in [-0.3, -0.25) is 4.79 Å². The number of esters is 2. The number of allylic oxidation sites excluding steroid dienone is 1. The number of hydrogen-bond acceptors (Lipinski definition) is 9. The average molecular weight is 478 g/mol. The zero-order valence-electron chi connectivity index (χ0n) is 20.4. The van der Waals surface area contributed by atoms with Gasteiger partial charge in [0, 0.05) is 11.8 Å². The Kier molecular flexibility index (Phi) is 9.07. The van der Waals surface area contributed by atoms with Crippen LogP contribution in [-0.2, 0) is 44.6 Å². The van der Waals surface area contributed by atoms with Crippen LogP contribution in [0.15, 0.2) is 42.1 Å². The van der Waals surface area contributed by atoms with Gasteiger partial charge in [0.1, 0.15) is 18.3 Å². The standard InChI is InChI=1S/C25H35NO8/c1-6-29-19(27)13-16(3)26-18(14-20(28)30-7-2)21-22(31-15-17-11-9-8-10-12-17)23-24(32-21)34-25(4,5)33-23/h8-13,18,21-24,26H,6-7,14-15H2,1-5H3/b16-13-/t18?,21-,22+,23-,24-/m1/s1. The Bertz CT molecular complexity index is 856. The summed E-state index contributed by atoms with van der Waals surface area (Å²) in [5.74, 6) is -1.69. The molecule has 2 aliphatic heterocycles. The van der Waals surface area contributed by atoms with Gasteiger partial charge in [-0.15, -0.1) is 0 Å². The third-order valence-electron chi connectivity index (χ3n) is 5.43. The summed E-state index contributed by atoms with van der Waals surface area (Å²) in [4.78, 5) is 24.3. The second-order valence-corrected chi connectivity index (χ2v) is 8.67. The Morgan fingerprint density at radius 1 is 1.12 bits per heavy atom. The van der Waals surface area contributed by atoms with E-state index in [1.54, 1.807) is 20.8 Å². The van der Waals surface area contributed by atoms with Gasteiger partial charge in [0.05, 0.1) is 32.3 Å². The summed E-state index contributed by atoms with van der Waals surface area (Å²) >= 11 is 0. The van der Waals surface area contributed by atoms with Crippen molar-refractivity contribution in [3.05, 3.63) is 47.7 Å². The van der Waals surface area contributed by atoms with E-state index in [1.165, 1.54) is 6.08 Å². The molecule has 3 rings (SSSR count). The van der Waals surface area contributed by atoms with Crippen molar-refractivity contribution in [2.75, 3.05) is 13.2 Å². The maximum atomic E-state index is 12.4. The van der Waals surface area contributed by atoms with Crippen LogP contribution in [0.2, 0.25) is 0 Å². The van der Waals surface area contributed by atoms with Gasteiger partial charge in [-0.1, -0.05) is 30.3 Å². The summed E-state index contributed by atoms with van der Waals surface area (Å²) in [5.41, 5.74) is 1.52. The van der Waals surface area contributed by atoms with E-state index < -0.39 is 48.4 Å². The summed E-state index contributed by atoms with van der Waals surface area (Å²) in [6.07, 6.45) is -0.932. The Labute approximate surface area is 200 Å². The largest absolute Gasteiger partial charge is 0.466 e. The predicted octanol–water partition coefficient (Wildman–Crippen LogP) is 2.83. The molecule has 0 spiro atoms. The number of ether oxygens (including phenoxy) is 6. The molecule has 0 aromatic heterocycles. The van der Waals surface area contributed by atoms with Crippen molar-refractivity contribution >= 4 is 11.9 Å². The van der Waals surface area contributed by atoms with Crippen LogP contribution in [0.25, 0.3) is 0 Å². The van der Waals surface area contributed by atoms with Crippen LogP contribution in [0.5, 0.6) is 0 Å². The fourth-order valence-electron chi connectivity index (χ4n) is 4.13. The van der Waals surface area contributed by atoms with Gasteiger partial charge in [0.2, 0.25) is 0 Å². The van der Waals surface area contributed by atoms with Crippen molar-refractivity contribution in [1.82, 2.24) is 5.32 Å². The van der Waals surface area contributed by atoms with Gasteiger partial charge in [-0.25, -0.2) is 4.79 Å². The molecule has 1 aromatic rings. The maximum Gasteiger partial charge on any atom is 0.332 e. The lowest BCUT2D eigenvalue weighted by Gasteiger charge is -2.32. The minimum Gasteiger partial charge on any atom is -0.466 e. The highest BCUT2D eigenvalue weighted by atomic mass is 16.8. The highest BCUT2D eigenvalue weighted by Gasteiger charge is 2.57. The molecule has 34 heavy (non-hydrogen) atoms. The number of fused-ring (bicyclic) bond motifs is 1. The molecule has 9 heteroatoms. The van der Waals surface area contributed by atoms with Crippen LogP contribution in [0.3, 0.4) is 0 Å². The molecule has 9 nitrogen and oxygen atoms in total. The first-order valence-electron chi connectivity index (χ1n) is 11.7. The lowest BCUT2D eigenvalue weighted by molar-refractivity contribution is -0.222. The first-order chi connectivity index (χ1) is 16.2. The molecular formula is C25H35NO8. The van der Waals surface area contributed by atoms with Crippen LogP contribution < -0.4 is 5.32 Å². The molecule has 2 saturated heterocycles. The topological polar surface area (TPSA) is 102 Å². The second-order valence-electron chi connectivity index (χ2n) is 8.67. The van der Waals surface area contributed by atoms with Crippen molar-refractivity contribution in [3.63, 3.8) is 0 Å². The van der Waals surface area contributed by atoms with Crippen molar-refractivity contribution < 1.29 is 38.0 Å². The first-order valence-corrected chi connectivity index (χ1v) is 11.7. The molecule has 188 valence electrons. The van der Waals surface area contributed by atoms with Crippen LogP contribution in [-0.4, -0.2) is 61.6 Å². The lowest BCUT2D eigenvalue weighted by Crippen LogP contribution is -2.49. The highest BCUT2D eigenvalue weighted by Crippen LogP contribution is 2.40. The SMILES string of the molecule is CCOC(=O)/C=C(/C)NC(CC(=O)OCC)[C@H]1O[C@@H]2OC(C)(C)O[C@@H]2[C@H]1OCc1ccccc1. The van der Waals surface area contributed by atoms with Crippen molar-refractivity contribution in [3.8, 4) is 0 Å². The smallest absolute Gasteiger partial charge is 0.332 e. The van der Waals surface area contributed by atoms with Crippen LogP contribution in [0.1, 0.15) is 46.6 Å². The van der Waals surface area contributed by atoms with E-state index >= 15 is 0 Å². The van der Waals surface area contributed by atoms with E-state index in [0.717, 1.165) is 5.56 Å². The quantitative estimate of drug-likeness (QED) is 0.381. The third-order valence-corrected chi connectivity index (χ3v) is 5.43. The summed E-state index contributed by atoms with van der Waals surface area (Å²) < 4.78 is 34.7. The summed E-state index contributed by atoms with van der Waals surface area (Å²) in [6.45, 7) is 9.70. The van der Waals surface area contributed by atoms with E-state index in [4.69, 9.17) is 28.4 Å². The molecular weight excluding hydrogens is 442 g/mol. The predicted molar refractivity (Wildman–Crippen MR) is 122 cm³/mol. The monoisotopic (exact) mass is 477 g/mol. The molecule has 0 radical (unpaired) electrons. The molecule has 1 N–H and O–H groups in total. The second kappa shape index (κ2) is 11.8. The molecule has 1 aromatic carbocycles. The molecule has 0 amide bonds. The van der Waals surface area contributed by atoms with Gasteiger partial charge in [0.25, 0.3) is 0 Å². The van der Waals surface area contributed by atoms with E-state index in [2.05, 4.69) is 5.32 Å². The molecule has 0 saturated carbocycles. The zero-order chi connectivity index (χ0) is 24.7. The fraction of sp³-hybridized carbons (Fsp3) is 0.600. The fourth-order valence-corrected chi connectivity index (χ4v) is 4.13. The molecule has 2 heterocycles. The Hall–Kier alpha value is -2.46. The van der Waals surface area contributed by atoms with E-state index in [0.29, 0.717) is 12.3 Å². The minimum absolute atomic E-state index is 0.000538. The minimum atomic E-state index is -0.821. The van der Waals surface area contributed by atoms with Crippen molar-refractivity contribution in [2.24, 2.45) is 0 Å². The summed E-state index contributed by atoms with van der Waals surface area (Å²) in [6, 6.07) is 9.20. The number of nitrogens with one attached hydrogen (secondary N) is 1. The van der Waals surface area contributed by atoms with Crippen molar-refractivity contribution in [1.29, 1.82) is 0 Å². The maximum absolute atomic E-state index is 12.4. The lowest BCUT2D eigenvalue weighted by atomic mass is 10.00. The number of benzene rings is 1. The van der Waals surface area contributed by atoms with E-state index in [9.17, 15) is 9.59 Å². The average Bonchev–Trinajstić information content (AvgIpc) is 3.24.